The second-order valence-corrected chi connectivity index (χ2v) is 7.98. The van der Waals surface area contributed by atoms with Crippen molar-refractivity contribution >= 4 is 17.2 Å². The van der Waals surface area contributed by atoms with Gasteiger partial charge in [-0.2, -0.15) is 5.10 Å². The average Bonchev–Trinajstić information content (AvgIpc) is 3.43. The summed E-state index contributed by atoms with van der Waals surface area (Å²) in [6.07, 6.45) is 9.00. The first-order valence-electron chi connectivity index (χ1n) is 9.97. The summed E-state index contributed by atoms with van der Waals surface area (Å²) in [5, 5.41) is 11.7. The van der Waals surface area contributed by atoms with Crippen LogP contribution < -0.4 is 10.6 Å². The molecule has 4 aromatic rings. The lowest BCUT2D eigenvalue weighted by Gasteiger charge is -2.04. The molecule has 0 radical (unpaired) electrons. The van der Waals surface area contributed by atoms with Crippen LogP contribution in [0.3, 0.4) is 0 Å². The molecule has 2 N–H and O–H groups in total. The van der Waals surface area contributed by atoms with Gasteiger partial charge in [-0.3, -0.25) is 19.4 Å². The Morgan fingerprint density at radius 3 is 2.52 bits per heavy atom. The van der Waals surface area contributed by atoms with Gasteiger partial charge in [0, 0.05) is 50.6 Å². The third-order valence-corrected chi connectivity index (χ3v) is 5.79. The highest BCUT2D eigenvalue weighted by Gasteiger charge is 2.17. The molecule has 0 fully saturated rings. The highest BCUT2D eigenvalue weighted by molar-refractivity contribution is 7.17. The maximum atomic E-state index is 12.6. The molecule has 0 bridgehead atoms. The monoisotopic (exact) mass is 433 g/mol. The summed E-state index contributed by atoms with van der Waals surface area (Å²) >= 11 is 1.36. The predicted molar refractivity (Wildman–Crippen MR) is 119 cm³/mol. The van der Waals surface area contributed by atoms with Crippen LogP contribution >= 0.6 is 11.3 Å². The lowest BCUT2D eigenvalue weighted by atomic mass is 10.3. The van der Waals surface area contributed by atoms with Crippen molar-refractivity contribution in [3.8, 4) is 10.7 Å². The third-order valence-electron chi connectivity index (χ3n) is 4.61. The molecule has 0 spiro atoms. The molecule has 31 heavy (non-hydrogen) atoms. The number of hydrogen-bond donors (Lipinski definition) is 2. The molecule has 0 saturated carbocycles. The first-order valence-corrected chi connectivity index (χ1v) is 10.8. The number of pyridine rings is 2. The minimum atomic E-state index is -0.135. The zero-order chi connectivity index (χ0) is 21.5. The summed E-state index contributed by atoms with van der Waals surface area (Å²) in [5.74, 6) is -0.135. The van der Waals surface area contributed by atoms with Gasteiger partial charge in [-0.05, 0) is 36.2 Å². The summed E-state index contributed by atoms with van der Waals surface area (Å²) in [6.45, 7) is 4.57. The maximum absolute atomic E-state index is 12.6. The number of nitrogens with zero attached hydrogens (tertiary/aromatic N) is 5. The van der Waals surface area contributed by atoms with E-state index in [4.69, 9.17) is 0 Å². The van der Waals surface area contributed by atoms with Crippen molar-refractivity contribution in [1.82, 2.24) is 35.4 Å². The fourth-order valence-electron chi connectivity index (χ4n) is 3.01. The van der Waals surface area contributed by atoms with Gasteiger partial charge in [0.25, 0.3) is 5.91 Å². The van der Waals surface area contributed by atoms with Crippen LogP contribution in [0.25, 0.3) is 10.7 Å². The van der Waals surface area contributed by atoms with Crippen LogP contribution in [0, 0.1) is 6.92 Å². The molecule has 4 heterocycles. The highest BCUT2D eigenvalue weighted by atomic mass is 32.1. The van der Waals surface area contributed by atoms with E-state index in [9.17, 15) is 4.79 Å². The topological polar surface area (TPSA) is 97.6 Å². The molecule has 0 aliphatic carbocycles. The maximum Gasteiger partial charge on any atom is 0.263 e. The summed E-state index contributed by atoms with van der Waals surface area (Å²) in [7, 11) is 0. The Morgan fingerprint density at radius 1 is 1.06 bits per heavy atom. The SMILES string of the molecule is Cc1nc(-c2ccn(CCNCc3cccnc3)n2)sc1C(=O)NCc1cccnc1. The van der Waals surface area contributed by atoms with Gasteiger partial charge in [0.1, 0.15) is 15.6 Å². The van der Waals surface area contributed by atoms with E-state index in [1.165, 1.54) is 11.3 Å². The van der Waals surface area contributed by atoms with Crippen LogP contribution in [0.4, 0.5) is 0 Å². The van der Waals surface area contributed by atoms with E-state index in [0.29, 0.717) is 17.1 Å². The van der Waals surface area contributed by atoms with Crippen molar-refractivity contribution in [1.29, 1.82) is 0 Å². The largest absolute Gasteiger partial charge is 0.347 e. The number of aromatic nitrogens is 5. The van der Waals surface area contributed by atoms with E-state index in [1.54, 1.807) is 18.6 Å². The quantitative estimate of drug-likeness (QED) is 0.394. The highest BCUT2D eigenvalue weighted by Crippen LogP contribution is 2.26. The number of carbonyl (C=O) groups is 1. The second kappa shape index (κ2) is 10.1. The Labute approximate surface area is 184 Å². The van der Waals surface area contributed by atoms with Crippen LogP contribution in [0.5, 0.6) is 0 Å². The molecule has 158 valence electrons. The molecule has 0 aliphatic heterocycles. The van der Waals surface area contributed by atoms with Gasteiger partial charge < -0.3 is 10.6 Å². The number of thiazole rings is 1. The first-order chi connectivity index (χ1) is 15.2. The fraction of sp³-hybridized carbons (Fsp3) is 0.227. The first kappa shape index (κ1) is 20.8. The molecule has 0 aliphatic rings. The number of rotatable bonds is 9. The molecule has 0 aromatic carbocycles. The van der Waals surface area contributed by atoms with Crippen LogP contribution in [-0.4, -0.2) is 37.2 Å². The molecular weight excluding hydrogens is 410 g/mol. The minimum absolute atomic E-state index is 0.135. The van der Waals surface area contributed by atoms with Crippen molar-refractivity contribution in [3.63, 3.8) is 0 Å². The van der Waals surface area contributed by atoms with Crippen molar-refractivity contribution in [3.05, 3.63) is 83.0 Å². The fourth-order valence-corrected chi connectivity index (χ4v) is 3.96. The lowest BCUT2D eigenvalue weighted by molar-refractivity contribution is 0.0954. The molecule has 4 aromatic heterocycles. The predicted octanol–water partition coefficient (Wildman–Crippen LogP) is 2.82. The van der Waals surface area contributed by atoms with Crippen molar-refractivity contribution in [2.45, 2.75) is 26.6 Å². The molecule has 8 nitrogen and oxygen atoms in total. The Kier molecular flexibility index (Phi) is 6.75. The number of carbonyl (C=O) groups excluding carboxylic acids is 1. The van der Waals surface area contributed by atoms with Crippen molar-refractivity contribution in [2.24, 2.45) is 0 Å². The lowest BCUT2D eigenvalue weighted by Crippen LogP contribution is -2.22. The van der Waals surface area contributed by atoms with Gasteiger partial charge in [-0.15, -0.1) is 11.3 Å². The molecule has 1 amide bonds. The van der Waals surface area contributed by atoms with Crippen LogP contribution in [-0.2, 0) is 19.6 Å². The van der Waals surface area contributed by atoms with E-state index in [2.05, 4.69) is 30.7 Å². The Hall–Kier alpha value is -3.43. The average molecular weight is 434 g/mol. The van der Waals surface area contributed by atoms with Gasteiger partial charge in [-0.25, -0.2) is 4.98 Å². The molecule has 0 saturated heterocycles. The van der Waals surface area contributed by atoms with Gasteiger partial charge in [0.05, 0.1) is 12.2 Å². The zero-order valence-corrected chi connectivity index (χ0v) is 18.0. The van der Waals surface area contributed by atoms with Crippen molar-refractivity contribution in [2.75, 3.05) is 6.54 Å². The number of amides is 1. The summed E-state index contributed by atoms with van der Waals surface area (Å²) < 4.78 is 1.88. The van der Waals surface area contributed by atoms with Crippen LogP contribution in [0.1, 0.15) is 26.5 Å². The van der Waals surface area contributed by atoms with E-state index in [-0.39, 0.29) is 5.91 Å². The van der Waals surface area contributed by atoms with E-state index >= 15 is 0 Å². The van der Waals surface area contributed by atoms with Crippen LogP contribution in [0.2, 0.25) is 0 Å². The molecule has 9 heteroatoms. The summed E-state index contributed by atoms with van der Waals surface area (Å²) in [5.41, 5.74) is 3.58. The van der Waals surface area contributed by atoms with Crippen LogP contribution in [0.15, 0.2) is 61.3 Å². The molecule has 4 rings (SSSR count). The second-order valence-electron chi connectivity index (χ2n) is 6.98. The number of hydrogen-bond acceptors (Lipinski definition) is 7. The van der Waals surface area contributed by atoms with Gasteiger partial charge in [0.15, 0.2) is 0 Å². The van der Waals surface area contributed by atoms with Gasteiger partial charge >= 0.3 is 0 Å². The summed E-state index contributed by atoms with van der Waals surface area (Å²) in [4.78, 5) is 25.9. The third kappa shape index (κ3) is 5.59. The Bertz CT molecular complexity index is 1130. The standard InChI is InChI=1S/C22H23N7OS/c1-16-20(21(30)26-15-18-5-3-8-24-14-18)31-22(27-16)19-6-10-29(28-19)11-9-25-13-17-4-2-7-23-12-17/h2-8,10,12,14,25H,9,11,13,15H2,1H3,(H,26,30). The normalized spacial score (nSPS) is 10.9. The van der Waals surface area contributed by atoms with E-state index in [1.807, 2.05) is 54.3 Å². The Balaban J connectivity index is 1.31. The molecular formula is C22H23N7OS. The number of aryl methyl sites for hydroxylation is 1. The molecule has 0 atom stereocenters. The smallest absolute Gasteiger partial charge is 0.263 e. The van der Waals surface area contributed by atoms with Gasteiger partial charge in [0.2, 0.25) is 0 Å². The van der Waals surface area contributed by atoms with Crippen molar-refractivity contribution < 1.29 is 4.79 Å². The van der Waals surface area contributed by atoms with E-state index in [0.717, 1.165) is 41.5 Å². The number of nitrogens with one attached hydrogen (secondary N) is 2. The minimum Gasteiger partial charge on any atom is -0.347 e. The Morgan fingerprint density at radius 2 is 1.81 bits per heavy atom. The zero-order valence-electron chi connectivity index (χ0n) is 17.2. The molecule has 0 unspecified atom stereocenters. The van der Waals surface area contributed by atoms with Gasteiger partial charge in [-0.1, -0.05) is 12.1 Å². The van der Waals surface area contributed by atoms with E-state index < -0.39 is 0 Å². The summed E-state index contributed by atoms with van der Waals surface area (Å²) in [6, 6.07) is 9.68.